The van der Waals surface area contributed by atoms with Gasteiger partial charge in [-0.3, -0.25) is 8.86 Å². The molecule has 78 valence electrons. The first-order valence-electron chi connectivity index (χ1n) is 4.52. The maximum atomic E-state index is 10.9. The van der Waals surface area contributed by atoms with Crippen molar-refractivity contribution >= 4 is 27.7 Å². The Morgan fingerprint density at radius 2 is 1.80 bits per heavy atom. The summed E-state index contributed by atoms with van der Waals surface area (Å²) in [4.78, 5) is 0. The van der Waals surface area contributed by atoms with Crippen LogP contribution >= 0.6 is 0 Å². The van der Waals surface area contributed by atoms with Crippen molar-refractivity contribution in [3.05, 3.63) is 42.5 Å². The highest BCUT2D eigenvalue weighted by molar-refractivity contribution is 7.80. The van der Waals surface area contributed by atoms with Crippen LogP contribution in [0.1, 0.15) is 0 Å². The van der Waals surface area contributed by atoms with Crippen LogP contribution in [0.25, 0.3) is 10.8 Å². The molecule has 0 spiro atoms. The molecule has 0 aliphatic carbocycles. The summed E-state index contributed by atoms with van der Waals surface area (Å²) in [6, 6.07) is 13.6. The lowest BCUT2D eigenvalue weighted by molar-refractivity contribution is 0.562. The highest BCUT2D eigenvalue weighted by Gasteiger charge is 2.05. The van der Waals surface area contributed by atoms with E-state index in [9.17, 15) is 4.21 Å². The van der Waals surface area contributed by atoms with Gasteiger partial charge in [0.05, 0.1) is 5.69 Å². The maximum Gasteiger partial charge on any atom is 0.261 e. The molecule has 0 fully saturated rings. The lowest BCUT2D eigenvalue weighted by atomic mass is 10.1. The third-order valence-electron chi connectivity index (χ3n) is 2.33. The van der Waals surface area contributed by atoms with Crippen molar-refractivity contribution < 1.29 is 8.76 Å². The van der Waals surface area contributed by atoms with Crippen molar-refractivity contribution in [3.63, 3.8) is 0 Å². The Balaban J connectivity index is 2.51. The Hall–Kier alpha value is -1.39. The Labute approximate surface area is 90.8 Å². The molecule has 0 heterocycles. The van der Waals surface area contributed by atoms with Gasteiger partial charge in [-0.2, -0.15) is 0 Å². The van der Waals surface area contributed by atoms with E-state index in [1.54, 1.807) is 7.05 Å². The predicted molar refractivity (Wildman–Crippen MR) is 63.1 cm³/mol. The number of hydrogen-bond donors (Lipinski definition) is 1. The monoisotopic (exact) mass is 221 g/mol. The maximum absolute atomic E-state index is 10.9. The van der Waals surface area contributed by atoms with Crippen LogP contribution in [0.4, 0.5) is 5.69 Å². The minimum atomic E-state index is -1.97. The van der Waals surface area contributed by atoms with Gasteiger partial charge in [-0.05, 0) is 22.9 Å². The quantitative estimate of drug-likeness (QED) is 0.791. The zero-order chi connectivity index (χ0) is 10.8. The summed E-state index contributed by atoms with van der Waals surface area (Å²) in [5.74, 6) is 0. The van der Waals surface area contributed by atoms with Gasteiger partial charge < -0.3 is 0 Å². The summed E-state index contributed by atoms with van der Waals surface area (Å²) in [6.07, 6.45) is 0. The van der Waals surface area contributed by atoms with E-state index in [-0.39, 0.29) is 0 Å². The minimum absolute atomic E-state index is 0.731. The molecule has 1 unspecified atom stereocenters. The van der Waals surface area contributed by atoms with Crippen molar-refractivity contribution in [1.29, 1.82) is 0 Å². The number of fused-ring (bicyclic) bond motifs is 1. The topological polar surface area (TPSA) is 40.5 Å². The molecular weight excluding hydrogens is 210 g/mol. The van der Waals surface area contributed by atoms with Gasteiger partial charge in [0, 0.05) is 7.05 Å². The lowest BCUT2D eigenvalue weighted by Crippen LogP contribution is -2.18. The molecule has 2 aromatic rings. The summed E-state index contributed by atoms with van der Waals surface area (Å²) >= 11 is -1.97. The second-order valence-electron chi connectivity index (χ2n) is 3.26. The van der Waals surface area contributed by atoms with Gasteiger partial charge in [0.15, 0.2) is 0 Å². The zero-order valence-electron chi connectivity index (χ0n) is 8.25. The van der Waals surface area contributed by atoms with Gasteiger partial charge in [-0.25, -0.2) is 4.21 Å². The van der Waals surface area contributed by atoms with Gasteiger partial charge >= 0.3 is 0 Å². The van der Waals surface area contributed by atoms with Crippen LogP contribution in [0.5, 0.6) is 0 Å². The van der Waals surface area contributed by atoms with Crippen LogP contribution in [-0.2, 0) is 11.3 Å². The van der Waals surface area contributed by atoms with Gasteiger partial charge in [-0.15, -0.1) is 0 Å². The fourth-order valence-electron chi connectivity index (χ4n) is 1.46. The van der Waals surface area contributed by atoms with Crippen LogP contribution in [-0.4, -0.2) is 15.8 Å². The standard InChI is InChI=1S/C11H11NO2S/c1-12(15(13)14)11-7-6-9-4-2-3-5-10(9)8-11/h2-8H,1H3,(H,13,14). The van der Waals surface area contributed by atoms with Crippen LogP contribution in [0, 0.1) is 0 Å². The molecule has 0 aliphatic rings. The van der Waals surface area contributed by atoms with Gasteiger partial charge in [0.25, 0.3) is 11.3 Å². The Kier molecular flexibility index (Phi) is 2.70. The first kappa shape index (κ1) is 10.1. The number of anilines is 1. The molecule has 0 aliphatic heterocycles. The van der Waals surface area contributed by atoms with Crippen LogP contribution < -0.4 is 4.31 Å². The summed E-state index contributed by atoms with van der Waals surface area (Å²) in [5.41, 5.74) is 0.731. The van der Waals surface area contributed by atoms with Crippen molar-refractivity contribution in [2.75, 3.05) is 11.4 Å². The van der Waals surface area contributed by atoms with Crippen molar-refractivity contribution in [3.8, 4) is 0 Å². The largest absolute Gasteiger partial charge is 0.289 e. The Morgan fingerprint density at radius 1 is 1.13 bits per heavy atom. The zero-order valence-corrected chi connectivity index (χ0v) is 9.07. The van der Waals surface area contributed by atoms with Gasteiger partial charge in [0.2, 0.25) is 0 Å². The van der Waals surface area contributed by atoms with Crippen molar-refractivity contribution in [2.45, 2.75) is 0 Å². The van der Waals surface area contributed by atoms with Crippen molar-refractivity contribution in [2.24, 2.45) is 0 Å². The third-order valence-corrected chi connectivity index (χ3v) is 3.01. The van der Waals surface area contributed by atoms with E-state index in [0.717, 1.165) is 16.5 Å². The van der Waals surface area contributed by atoms with E-state index in [1.165, 1.54) is 4.31 Å². The SMILES string of the molecule is CN(c1ccc2ccccc2c1)S(=O)O. The van der Waals surface area contributed by atoms with E-state index in [0.29, 0.717) is 0 Å². The highest BCUT2D eigenvalue weighted by atomic mass is 32.2. The summed E-state index contributed by atoms with van der Waals surface area (Å²) in [6.45, 7) is 0. The summed E-state index contributed by atoms with van der Waals surface area (Å²) < 4.78 is 21.1. The molecule has 2 rings (SSSR count). The van der Waals surface area contributed by atoms with Gasteiger partial charge in [-0.1, -0.05) is 30.3 Å². The van der Waals surface area contributed by atoms with Crippen molar-refractivity contribution in [1.82, 2.24) is 0 Å². The molecule has 15 heavy (non-hydrogen) atoms. The molecule has 3 nitrogen and oxygen atoms in total. The molecular formula is C11H11NO2S. The second kappa shape index (κ2) is 4.00. The molecule has 0 saturated heterocycles. The Bertz CT molecular complexity index is 513. The predicted octanol–water partition coefficient (Wildman–Crippen LogP) is 2.41. The molecule has 2 aromatic carbocycles. The first-order valence-corrected chi connectivity index (χ1v) is 5.58. The Morgan fingerprint density at radius 3 is 2.47 bits per heavy atom. The molecule has 0 saturated carbocycles. The van der Waals surface area contributed by atoms with E-state index >= 15 is 0 Å². The summed E-state index contributed by atoms with van der Waals surface area (Å²) in [7, 11) is 1.58. The average molecular weight is 221 g/mol. The highest BCUT2D eigenvalue weighted by Crippen LogP contribution is 2.21. The smallest absolute Gasteiger partial charge is 0.261 e. The molecule has 0 amide bonds. The van der Waals surface area contributed by atoms with E-state index < -0.39 is 11.3 Å². The average Bonchev–Trinajstić information content (AvgIpc) is 2.27. The third kappa shape index (κ3) is 2.00. The molecule has 4 heteroatoms. The molecule has 0 bridgehead atoms. The molecule has 0 radical (unpaired) electrons. The van der Waals surface area contributed by atoms with E-state index in [2.05, 4.69) is 0 Å². The first-order chi connectivity index (χ1) is 7.18. The molecule has 1 N–H and O–H groups in total. The van der Waals surface area contributed by atoms with Crippen LogP contribution in [0.3, 0.4) is 0 Å². The van der Waals surface area contributed by atoms with Crippen LogP contribution in [0.15, 0.2) is 42.5 Å². The van der Waals surface area contributed by atoms with E-state index in [4.69, 9.17) is 4.55 Å². The second-order valence-corrected chi connectivity index (χ2v) is 4.27. The fourth-order valence-corrected chi connectivity index (χ4v) is 1.76. The van der Waals surface area contributed by atoms with Crippen LogP contribution in [0.2, 0.25) is 0 Å². The normalized spacial score (nSPS) is 12.7. The number of rotatable bonds is 2. The van der Waals surface area contributed by atoms with Gasteiger partial charge in [0.1, 0.15) is 0 Å². The fraction of sp³-hybridized carbons (Fsp3) is 0.0909. The van der Waals surface area contributed by atoms with E-state index in [1.807, 2.05) is 42.5 Å². The molecule has 0 aromatic heterocycles. The number of nitrogens with zero attached hydrogens (tertiary/aromatic N) is 1. The number of hydrogen-bond acceptors (Lipinski definition) is 1. The lowest BCUT2D eigenvalue weighted by Gasteiger charge is -2.14. The number of benzene rings is 2. The minimum Gasteiger partial charge on any atom is -0.289 e. The molecule has 1 atom stereocenters. The summed E-state index contributed by atoms with van der Waals surface area (Å²) in [5, 5.41) is 2.19.